The van der Waals surface area contributed by atoms with Gasteiger partial charge in [-0.3, -0.25) is 9.78 Å². The summed E-state index contributed by atoms with van der Waals surface area (Å²) in [6.45, 7) is -0.388. The van der Waals surface area contributed by atoms with Crippen LogP contribution in [0.5, 0.6) is 0 Å². The molecule has 2 saturated heterocycles. The molecule has 3 aliphatic rings. The Hall–Kier alpha value is -1.79. The van der Waals surface area contributed by atoms with Crippen molar-refractivity contribution < 1.29 is 31.7 Å². The summed E-state index contributed by atoms with van der Waals surface area (Å²) < 4.78 is 69.1. The first-order valence-electron chi connectivity index (χ1n) is 10.6. The number of halogens is 7. The second-order valence-electron chi connectivity index (χ2n) is 8.95. The first kappa shape index (κ1) is 25.8. The molecule has 0 spiro atoms. The topological polar surface area (TPSA) is 77.8 Å². The van der Waals surface area contributed by atoms with E-state index >= 15 is 4.39 Å². The van der Waals surface area contributed by atoms with Crippen molar-refractivity contribution in [2.45, 2.75) is 23.9 Å². The van der Waals surface area contributed by atoms with E-state index in [2.05, 4.69) is 10.1 Å². The van der Waals surface area contributed by atoms with Gasteiger partial charge in [-0.2, -0.15) is 13.2 Å². The maximum absolute atomic E-state index is 15.3. The zero-order valence-electron chi connectivity index (χ0n) is 18.1. The number of amides is 1. The molecule has 0 aliphatic carbocycles. The predicted octanol–water partition coefficient (Wildman–Crippen LogP) is 5.01. The van der Waals surface area contributed by atoms with Gasteiger partial charge in [-0.25, -0.2) is 4.39 Å². The minimum absolute atomic E-state index is 0.0466. The van der Waals surface area contributed by atoms with Crippen molar-refractivity contribution in [1.29, 1.82) is 0 Å². The van der Waals surface area contributed by atoms with Crippen LogP contribution in [0.4, 0.5) is 17.6 Å². The molecule has 1 aromatic heterocycles. The molecule has 36 heavy (non-hydrogen) atoms. The Balaban J connectivity index is 1.32. The fourth-order valence-corrected chi connectivity index (χ4v) is 6.04. The van der Waals surface area contributed by atoms with E-state index < -0.39 is 35.0 Å². The molecule has 4 heterocycles. The smallest absolute Gasteiger partial charge is 0.435 e. The van der Waals surface area contributed by atoms with Gasteiger partial charge in [0.05, 0.1) is 46.0 Å². The van der Waals surface area contributed by atoms with Gasteiger partial charge in [0.2, 0.25) is 5.91 Å². The molecule has 0 radical (unpaired) electrons. The fourth-order valence-electron chi connectivity index (χ4n) is 4.35. The van der Waals surface area contributed by atoms with Crippen LogP contribution in [0.1, 0.15) is 23.2 Å². The minimum atomic E-state index is -4.88. The molecule has 0 bridgehead atoms. The van der Waals surface area contributed by atoms with Crippen molar-refractivity contribution in [3.05, 3.63) is 62.4 Å². The van der Waals surface area contributed by atoms with Crippen LogP contribution < -0.4 is 0 Å². The van der Waals surface area contributed by atoms with Crippen LogP contribution in [-0.4, -0.2) is 56.8 Å². The average Bonchev–Trinajstić information content (AvgIpc) is 3.25. The van der Waals surface area contributed by atoms with Crippen molar-refractivity contribution >= 4 is 57.6 Å². The van der Waals surface area contributed by atoms with Crippen LogP contribution in [0.2, 0.25) is 15.1 Å². The average molecular weight is 585 g/mol. The number of pyridine rings is 1. The van der Waals surface area contributed by atoms with Crippen LogP contribution >= 0.6 is 34.8 Å². The van der Waals surface area contributed by atoms with Crippen molar-refractivity contribution in [2.75, 3.05) is 24.6 Å². The number of aromatic nitrogens is 1. The molecule has 1 amide bonds. The third kappa shape index (κ3) is 4.22. The number of nitrogens with zero attached hydrogens (tertiary/aromatic N) is 3. The van der Waals surface area contributed by atoms with E-state index in [0.29, 0.717) is 11.5 Å². The number of hydrogen-bond donors (Lipinski definition) is 0. The van der Waals surface area contributed by atoms with Crippen LogP contribution in [0.15, 0.2) is 35.6 Å². The summed E-state index contributed by atoms with van der Waals surface area (Å²) in [6, 6.07) is 4.81. The number of carbonyl (C=O) groups excluding carboxylic acids is 1. The lowest BCUT2D eigenvalue weighted by Crippen LogP contribution is -2.62. The quantitative estimate of drug-likeness (QED) is 0.288. The molecular formula is C22H16Cl3F4N3O3S. The molecular weight excluding hydrogens is 569 g/mol. The number of carbonyl (C=O) groups is 1. The van der Waals surface area contributed by atoms with E-state index in [1.165, 1.54) is 23.2 Å². The highest BCUT2D eigenvalue weighted by molar-refractivity contribution is 7.92. The van der Waals surface area contributed by atoms with Gasteiger partial charge in [-0.05, 0) is 24.3 Å². The third-order valence-electron chi connectivity index (χ3n) is 6.51. The summed E-state index contributed by atoms with van der Waals surface area (Å²) in [6.07, 6.45) is -4.37. The van der Waals surface area contributed by atoms with Gasteiger partial charge in [-0.15, -0.1) is 0 Å². The normalized spacial score (nSPS) is 27.1. The van der Waals surface area contributed by atoms with Gasteiger partial charge in [0.15, 0.2) is 5.67 Å². The monoisotopic (exact) mass is 583 g/mol. The molecule has 14 heteroatoms. The Bertz CT molecular complexity index is 1230. The van der Waals surface area contributed by atoms with Crippen LogP contribution in [-0.2, 0) is 32.1 Å². The number of alkyl halides is 4. The Kier molecular flexibility index (Phi) is 6.39. The molecule has 2 aromatic rings. The highest BCUT2D eigenvalue weighted by atomic mass is 35.5. The summed E-state index contributed by atoms with van der Waals surface area (Å²) in [4.78, 5) is 22.7. The Morgan fingerprint density at radius 3 is 2.33 bits per heavy atom. The fraction of sp³-hybridized carbons (Fsp3) is 0.409. The third-order valence-corrected chi connectivity index (χ3v) is 9.26. The number of likely N-dealkylation sites (tertiary alicyclic amines) is 1. The second kappa shape index (κ2) is 8.90. The van der Waals surface area contributed by atoms with Gasteiger partial charge < -0.3 is 14.3 Å². The van der Waals surface area contributed by atoms with E-state index in [0.717, 1.165) is 12.1 Å². The molecule has 2 fully saturated rings. The number of hydrogen-bond acceptors (Lipinski definition) is 5. The Morgan fingerprint density at radius 1 is 1.17 bits per heavy atom. The zero-order valence-corrected chi connectivity index (χ0v) is 21.2. The Labute approximate surface area is 220 Å². The van der Waals surface area contributed by atoms with Gasteiger partial charge in [0.1, 0.15) is 17.4 Å². The van der Waals surface area contributed by atoms with Crippen molar-refractivity contribution in [1.82, 2.24) is 9.88 Å². The number of rotatable bonds is 4. The summed E-state index contributed by atoms with van der Waals surface area (Å²) in [7, 11) is 0. The SMILES string of the molecule is O=C(C1C[S+]([O-])C1)N1CC(F)(c2ccc(C3=NOC(c4cc(Cl)c(Cl)c(Cl)c4)(C(F)(F)F)C3)cn2)C1. The van der Waals surface area contributed by atoms with Crippen LogP contribution in [0, 0.1) is 5.92 Å². The molecule has 1 aromatic carbocycles. The molecule has 192 valence electrons. The second-order valence-corrected chi connectivity index (χ2v) is 11.7. The van der Waals surface area contributed by atoms with Gasteiger partial charge in [0.25, 0.3) is 5.60 Å². The van der Waals surface area contributed by atoms with Crippen molar-refractivity contribution in [3.63, 3.8) is 0 Å². The lowest BCUT2D eigenvalue weighted by molar-refractivity contribution is -0.275. The lowest BCUT2D eigenvalue weighted by atomic mass is 9.86. The molecule has 1 unspecified atom stereocenters. The highest BCUT2D eigenvalue weighted by Gasteiger charge is 2.62. The molecule has 5 rings (SSSR count). The van der Waals surface area contributed by atoms with Crippen LogP contribution in [0.3, 0.4) is 0 Å². The largest absolute Gasteiger partial charge is 0.616 e. The van der Waals surface area contributed by atoms with E-state index in [1.54, 1.807) is 0 Å². The predicted molar refractivity (Wildman–Crippen MR) is 126 cm³/mol. The summed E-state index contributed by atoms with van der Waals surface area (Å²) in [5.74, 6) is 0.00684. The Morgan fingerprint density at radius 2 is 1.81 bits per heavy atom. The van der Waals surface area contributed by atoms with Gasteiger partial charge >= 0.3 is 6.18 Å². The van der Waals surface area contributed by atoms with Crippen molar-refractivity contribution in [3.8, 4) is 0 Å². The summed E-state index contributed by atoms with van der Waals surface area (Å²) >= 11 is 16.8. The summed E-state index contributed by atoms with van der Waals surface area (Å²) in [5, 5.41) is 3.23. The van der Waals surface area contributed by atoms with E-state index in [1.807, 2.05) is 0 Å². The number of oxime groups is 1. The van der Waals surface area contributed by atoms with Gasteiger partial charge in [0, 0.05) is 17.3 Å². The molecule has 0 N–H and O–H groups in total. The van der Waals surface area contributed by atoms with E-state index in [4.69, 9.17) is 39.6 Å². The zero-order chi connectivity index (χ0) is 26.0. The van der Waals surface area contributed by atoms with Crippen molar-refractivity contribution in [2.24, 2.45) is 11.1 Å². The first-order chi connectivity index (χ1) is 16.8. The van der Waals surface area contributed by atoms with E-state index in [9.17, 15) is 22.5 Å². The lowest BCUT2D eigenvalue weighted by Gasteiger charge is -2.46. The molecule has 3 aliphatic heterocycles. The molecule has 6 nitrogen and oxygen atoms in total. The van der Waals surface area contributed by atoms with Crippen LogP contribution in [0.25, 0.3) is 0 Å². The minimum Gasteiger partial charge on any atom is -0.616 e. The van der Waals surface area contributed by atoms with Gasteiger partial charge in [-0.1, -0.05) is 51.1 Å². The molecule has 0 saturated carbocycles. The highest BCUT2D eigenvalue weighted by Crippen LogP contribution is 2.50. The standard InChI is InChI=1S/C22H16Cl3F4N3O3S/c23-14-3-13(4-15(24)18(14)25)21(22(27,28)29)5-16(31-35-21)11-1-2-17(30-6-11)20(26)9-32(10-20)19(33)12-7-36(34)8-12/h1-4,6,12H,5,7-10H2. The number of benzene rings is 1. The molecule has 1 atom stereocenters. The first-order valence-corrected chi connectivity index (χ1v) is 13.2. The van der Waals surface area contributed by atoms with E-state index in [-0.39, 0.29) is 62.5 Å². The maximum atomic E-state index is 15.3. The summed E-state index contributed by atoms with van der Waals surface area (Å²) in [5.41, 5.74) is -4.88. The maximum Gasteiger partial charge on any atom is 0.435 e.